The van der Waals surface area contributed by atoms with Gasteiger partial charge >= 0.3 is 0 Å². The topological polar surface area (TPSA) is 21.7 Å². The maximum Gasteiger partial charge on any atom is 0.179 e. The van der Waals surface area contributed by atoms with Crippen LogP contribution in [-0.2, 0) is 6.54 Å². The Labute approximate surface area is 139 Å². The monoisotopic (exact) mass is 335 g/mol. The van der Waals surface area contributed by atoms with E-state index in [-0.39, 0.29) is 0 Å². The Morgan fingerprint density at radius 2 is 2.18 bits per heavy atom. The van der Waals surface area contributed by atoms with Crippen LogP contribution < -0.4 is 9.47 Å². The fraction of sp³-hybridized carbons (Fsp3) is 0.412. The molecule has 1 unspecified atom stereocenters. The van der Waals surface area contributed by atoms with Crippen LogP contribution in [0.2, 0.25) is 5.02 Å². The number of ether oxygens (including phenoxy) is 2. The normalized spacial score (nSPS) is 21.2. The third-order valence-corrected chi connectivity index (χ3v) is 5.53. The highest BCUT2D eigenvalue weighted by molar-refractivity contribution is 7.10. The van der Waals surface area contributed by atoms with E-state index in [0.29, 0.717) is 30.0 Å². The maximum absolute atomic E-state index is 6.35. The van der Waals surface area contributed by atoms with Crippen molar-refractivity contribution < 1.29 is 9.47 Å². The van der Waals surface area contributed by atoms with Crippen LogP contribution in [0.1, 0.15) is 29.3 Å². The van der Waals surface area contributed by atoms with E-state index in [1.165, 1.54) is 23.3 Å². The Balaban J connectivity index is 1.57. The fourth-order valence-electron chi connectivity index (χ4n) is 3.31. The van der Waals surface area contributed by atoms with Crippen molar-refractivity contribution in [2.45, 2.75) is 25.4 Å². The van der Waals surface area contributed by atoms with Crippen molar-refractivity contribution in [3.63, 3.8) is 0 Å². The highest BCUT2D eigenvalue weighted by atomic mass is 35.5. The zero-order valence-corrected chi connectivity index (χ0v) is 13.8. The van der Waals surface area contributed by atoms with E-state index < -0.39 is 0 Å². The van der Waals surface area contributed by atoms with Gasteiger partial charge in [-0.15, -0.1) is 11.3 Å². The van der Waals surface area contributed by atoms with Gasteiger partial charge in [-0.3, -0.25) is 4.90 Å². The molecule has 2 aromatic rings. The summed E-state index contributed by atoms with van der Waals surface area (Å²) in [5.74, 6) is 1.47. The summed E-state index contributed by atoms with van der Waals surface area (Å²) < 4.78 is 11.3. The number of benzene rings is 1. The molecule has 5 heteroatoms. The number of likely N-dealkylation sites (tertiary alicyclic amines) is 1. The minimum Gasteiger partial charge on any atom is -0.486 e. The lowest BCUT2D eigenvalue weighted by atomic mass is 10.1. The summed E-state index contributed by atoms with van der Waals surface area (Å²) in [6.07, 6.45) is 2.49. The van der Waals surface area contributed by atoms with Crippen LogP contribution in [-0.4, -0.2) is 24.7 Å². The van der Waals surface area contributed by atoms with Crippen molar-refractivity contribution >= 4 is 22.9 Å². The molecule has 0 bridgehead atoms. The van der Waals surface area contributed by atoms with Crippen LogP contribution in [0.25, 0.3) is 0 Å². The number of nitrogens with zero attached hydrogens (tertiary/aromatic N) is 1. The van der Waals surface area contributed by atoms with Crippen LogP contribution in [0, 0.1) is 0 Å². The Hall–Kier alpha value is -1.23. The molecule has 3 heterocycles. The number of halogens is 1. The SMILES string of the molecule is Clc1cc(CN2CCCC2c2cccs2)cc2c1OCCO2. The first kappa shape index (κ1) is 14.4. The molecule has 0 saturated carbocycles. The summed E-state index contributed by atoms with van der Waals surface area (Å²) in [6, 6.07) is 9.00. The highest BCUT2D eigenvalue weighted by Crippen LogP contribution is 2.40. The van der Waals surface area contributed by atoms with Gasteiger partial charge in [0.1, 0.15) is 13.2 Å². The molecule has 1 aromatic carbocycles. The molecule has 0 spiro atoms. The highest BCUT2D eigenvalue weighted by Gasteiger charge is 2.27. The summed E-state index contributed by atoms with van der Waals surface area (Å²) >= 11 is 8.20. The number of hydrogen-bond acceptors (Lipinski definition) is 4. The number of thiophene rings is 1. The van der Waals surface area contributed by atoms with Crippen molar-refractivity contribution in [2.75, 3.05) is 19.8 Å². The Morgan fingerprint density at radius 1 is 1.27 bits per heavy atom. The Kier molecular flexibility index (Phi) is 3.99. The predicted octanol–water partition coefficient (Wildman–Crippen LogP) is 4.51. The van der Waals surface area contributed by atoms with Crippen LogP contribution in [0.3, 0.4) is 0 Å². The molecule has 2 aliphatic rings. The van der Waals surface area contributed by atoms with Crippen molar-refractivity contribution in [1.82, 2.24) is 4.90 Å². The van der Waals surface area contributed by atoms with E-state index in [9.17, 15) is 0 Å². The minimum absolute atomic E-state index is 0.534. The van der Waals surface area contributed by atoms with Crippen molar-refractivity contribution in [3.05, 3.63) is 45.1 Å². The molecule has 0 amide bonds. The van der Waals surface area contributed by atoms with Gasteiger partial charge in [0.25, 0.3) is 0 Å². The van der Waals surface area contributed by atoms with Gasteiger partial charge in [0, 0.05) is 17.5 Å². The molecule has 4 rings (SSSR count). The summed E-state index contributed by atoms with van der Waals surface area (Å²) in [5.41, 5.74) is 1.19. The predicted molar refractivity (Wildman–Crippen MR) is 89.1 cm³/mol. The molecule has 116 valence electrons. The van der Waals surface area contributed by atoms with E-state index in [0.717, 1.165) is 18.8 Å². The molecular weight excluding hydrogens is 318 g/mol. The second kappa shape index (κ2) is 6.11. The van der Waals surface area contributed by atoms with E-state index in [1.54, 1.807) is 0 Å². The zero-order valence-electron chi connectivity index (χ0n) is 12.3. The quantitative estimate of drug-likeness (QED) is 0.823. The van der Waals surface area contributed by atoms with E-state index >= 15 is 0 Å². The van der Waals surface area contributed by atoms with Crippen LogP contribution >= 0.6 is 22.9 Å². The van der Waals surface area contributed by atoms with Crippen molar-refractivity contribution in [3.8, 4) is 11.5 Å². The number of fused-ring (bicyclic) bond motifs is 1. The Morgan fingerprint density at radius 3 is 3.05 bits per heavy atom. The van der Waals surface area contributed by atoms with E-state index in [4.69, 9.17) is 21.1 Å². The van der Waals surface area contributed by atoms with E-state index in [1.807, 2.05) is 17.4 Å². The van der Waals surface area contributed by atoms with Gasteiger partial charge < -0.3 is 9.47 Å². The molecule has 1 aromatic heterocycles. The van der Waals surface area contributed by atoms with Crippen molar-refractivity contribution in [1.29, 1.82) is 0 Å². The van der Waals surface area contributed by atoms with Crippen LogP contribution in [0.4, 0.5) is 0 Å². The zero-order chi connectivity index (χ0) is 14.9. The smallest absolute Gasteiger partial charge is 0.179 e. The van der Waals surface area contributed by atoms with Crippen molar-refractivity contribution in [2.24, 2.45) is 0 Å². The van der Waals surface area contributed by atoms with Crippen LogP contribution in [0.5, 0.6) is 11.5 Å². The molecule has 22 heavy (non-hydrogen) atoms. The molecule has 0 radical (unpaired) electrons. The van der Waals surface area contributed by atoms with Gasteiger partial charge in [-0.05, 0) is 48.5 Å². The lowest BCUT2D eigenvalue weighted by Gasteiger charge is -2.25. The first-order valence-electron chi connectivity index (χ1n) is 7.67. The average Bonchev–Trinajstić information content (AvgIpc) is 3.18. The summed E-state index contributed by atoms with van der Waals surface area (Å²) in [7, 11) is 0. The number of hydrogen-bond donors (Lipinski definition) is 0. The maximum atomic E-state index is 6.35. The molecule has 1 fully saturated rings. The largest absolute Gasteiger partial charge is 0.486 e. The Bertz CT molecular complexity index is 659. The third-order valence-electron chi connectivity index (χ3n) is 4.28. The first-order valence-corrected chi connectivity index (χ1v) is 8.92. The first-order chi connectivity index (χ1) is 10.8. The van der Waals surface area contributed by atoms with E-state index in [2.05, 4.69) is 28.5 Å². The third kappa shape index (κ3) is 2.71. The summed E-state index contributed by atoms with van der Waals surface area (Å²) in [4.78, 5) is 3.99. The van der Waals surface area contributed by atoms with Crippen LogP contribution in [0.15, 0.2) is 29.6 Å². The molecular formula is C17H18ClNO2S. The average molecular weight is 336 g/mol. The lowest BCUT2D eigenvalue weighted by molar-refractivity contribution is 0.171. The lowest BCUT2D eigenvalue weighted by Crippen LogP contribution is -2.22. The number of rotatable bonds is 3. The van der Waals surface area contributed by atoms with Gasteiger partial charge in [0.05, 0.1) is 5.02 Å². The van der Waals surface area contributed by atoms with Gasteiger partial charge in [0.15, 0.2) is 11.5 Å². The molecule has 2 aliphatic heterocycles. The summed E-state index contributed by atoms with van der Waals surface area (Å²) in [6.45, 7) is 3.19. The minimum atomic E-state index is 0.534. The van der Waals surface area contributed by atoms with Gasteiger partial charge in [-0.2, -0.15) is 0 Å². The second-order valence-corrected chi connectivity index (χ2v) is 7.13. The van der Waals surface area contributed by atoms with Gasteiger partial charge in [-0.1, -0.05) is 17.7 Å². The fourth-order valence-corrected chi connectivity index (χ4v) is 4.49. The standard InChI is InChI=1S/C17H18ClNO2S/c18-13-9-12(10-15-17(13)21-7-6-20-15)11-19-5-1-3-14(19)16-4-2-8-22-16/h2,4,8-10,14H,1,3,5-7,11H2. The molecule has 1 saturated heterocycles. The second-order valence-electron chi connectivity index (χ2n) is 5.75. The van der Waals surface area contributed by atoms with Gasteiger partial charge in [-0.25, -0.2) is 0 Å². The molecule has 3 nitrogen and oxygen atoms in total. The summed E-state index contributed by atoms with van der Waals surface area (Å²) in [5, 5.41) is 2.81. The molecule has 0 aliphatic carbocycles. The molecule has 1 atom stereocenters. The molecule has 0 N–H and O–H groups in total. The van der Waals surface area contributed by atoms with Gasteiger partial charge in [0.2, 0.25) is 0 Å².